The summed E-state index contributed by atoms with van der Waals surface area (Å²) < 4.78 is 11.3. The number of benzene rings is 2. The molecule has 0 saturated heterocycles. The second-order valence-electron chi connectivity index (χ2n) is 6.01. The summed E-state index contributed by atoms with van der Waals surface area (Å²) in [5, 5.41) is 10.7. The molecule has 0 unspecified atom stereocenters. The normalized spacial score (nSPS) is 12.3. The second kappa shape index (κ2) is 7.32. The maximum atomic E-state index is 10.0. The highest BCUT2D eigenvalue weighted by Gasteiger charge is 2.23. The van der Waals surface area contributed by atoms with E-state index in [1.807, 2.05) is 13.0 Å². The van der Waals surface area contributed by atoms with Gasteiger partial charge in [0.1, 0.15) is 5.75 Å². The Kier molecular flexibility index (Phi) is 4.88. The number of hydrogen-bond acceptors (Lipinski definition) is 6. The third kappa shape index (κ3) is 3.44. The van der Waals surface area contributed by atoms with Crippen molar-refractivity contribution >= 4 is 38.6 Å². The number of nitrogens with zero attached hydrogens (tertiary/aromatic N) is 2. The van der Waals surface area contributed by atoms with Crippen LogP contribution >= 0.6 is 27.3 Å². The first-order chi connectivity index (χ1) is 13.1. The Morgan fingerprint density at radius 3 is 2.96 bits per heavy atom. The molecule has 5 nitrogen and oxygen atoms in total. The van der Waals surface area contributed by atoms with Gasteiger partial charge < -0.3 is 14.6 Å². The SMILES string of the molecule is CCOc1cc(/C=N/c2nc3c(s2)Cc2cc(OC)ccc2-3)cc(Br)c1O. The zero-order valence-electron chi connectivity index (χ0n) is 14.8. The molecule has 1 aliphatic rings. The van der Waals surface area contributed by atoms with Gasteiger partial charge in [0.25, 0.3) is 0 Å². The summed E-state index contributed by atoms with van der Waals surface area (Å²) in [6.45, 7) is 2.35. The maximum Gasteiger partial charge on any atom is 0.209 e. The Labute approximate surface area is 169 Å². The van der Waals surface area contributed by atoms with E-state index in [1.165, 1.54) is 10.4 Å². The fraction of sp³-hybridized carbons (Fsp3) is 0.200. The van der Waals surface area contributed by atoms with Gasteiger partial charge in [-0.1, -0.05) is 11.3 Å². The molecule has 0 fully saturated rings. The lowest BCUT2D eigenvalue weighted by molar-refractivity contribution is 0.317. The number of aromatic nitrogens is 1. The van der Waals surface area contributed by atoms with Crippen molar-refractivity contribution in [2.75, 3.05) is 13.7 Å². The summed E-state index contributed by atoms with van der Waals surface area (Å²) in [5.74, 6) is 1.39. The third-order valence-corrected chi connectivity index (χ3v) is 5.85. The lowest BCUT2D eigenvalue weighted by atomic mass is 10.1. The number of rotatable bonds is 5. The zero-order chi connectivity index (χ0) is 19.0. The minimum Gasteiger partial charge on any atom is -0.503 e. The largest absolute Gasteiger partial charge is 0.503 e. The quantitative estimate of drug-likeness (QED) is 0.421. The molecule has 138 valence electrons. The summed E-state index contributed by atoms with van der Waals surface area (Å²) >= 11 is 4.93. The fourth-order valence-corrected chi connectivity index (χ4v) is 4.44. The van der Waals surface area contributed by atoms with Gasteiger partial charge in [-0.25, -0.2) is 9.98 Å². The van der Waals surface area contributed by atoms with Crippen molar-refractivity contribution in [3.8, 4) is 28.5 Å². The molecule has 0 saturated carbocycles. The first-order valence-electron chi connectivity index (χ1n) is 8.45. The Balaban J connectivity index is 1.60. The predicted molar refractivity (Wildman–Crippen MR) is 111 cm³/mol. The van der Waals surface area contributed by atoms with Crippen LogP contribution in [-0.4, -0.2) is 30.0 Å². The van der Waals surface area contributed by atoms with Crippen LogP contribution < -0.4 is 9.47 Å². The lowest BCUT2D eigenvalue weighted by Crippen LogP contribution is -1.94. The van der Waals surface area contributed by atoms with Gasteiger partial charge in [0, 0.05) is 23.1 Å². The van der Waals surface area contributed by atoms with Crippen molar-refractivity contribution in [1.82, 2.24) is 4.98 Å². The van der Waals surface area contributed by atoms with E-state index in [1.54, 1.807) is 36.8 Å². The number of hydrogen-bond donors (Lipinski definition) is 1. The monoisotopic (exact) mass is 444 g/mol. The standard InChI is InChI=1S/C20H17BrN2O3S/c1-3-26-16-7-11(6-15(21)19(16)24)10-22-20-23-18-14-5-4-13(25-2)8-12(14)9-17(18)27-20/h4-8,10,24H,3,9H2,1-2H3/b22-10+. The second-order valence-corrected chi connectivity index (χ2v) is 7.93. The lowest BCUT2D eigenvalue weighted by Gasteiger charge is -2.08. The van der Waals surface area contributed by atoms with E-state index in [9.17, 15) is 5.11 Å². The summed E-state index contributed by atoms with van der Waals surface area (Å²) in [5.41, 5.74) is 4.22. The summed E-state index contributed by atoms with van der Waals surface area (Å²) in [6, 6.07) is 9.63. The first kappa shape index (κ1) is 18.0. The van der Waals surface area contributed by atoms with Gasteiger partial charge in [-0.05, 0) is 64.3 Å². The number of methoxy groups -OCH3 is 1. The Morgan fingerprint density at radius 1 is 1.33 bits per heavy atom. The highest BCUT2D eigenvalue weighted by molar-refractivity contribution is 9.10. The summed E-state index contributed by atoms with van der Waals surface area (Å²) in [4.78, 5) is 10.4. The topological polar surface area (TPSA) is 63.9 Å². The Hall–Kier alpha value is -2.38. The number of halogens is 1. The number of phenols is 1. The fourth-order valence-electron chi connectivity index (χ4n) is 3.04. The molecule has 0 bridgehead atoms. The van der Waals surface area contributed by atoms with Crippen molar-refractivity contribution in [2.45, 2.75) is 13.3 Å². The van der Waals surface area contributed by atoms with E-state index in [0.29, 0.717) is 22.0 Å². The number of phenolic OH excluding ortho intramolecular Hbond substituents is 1. The molecule has 0 spiro atoms. The molecular formula is C20H17BrN2O3S. The Morgan fingerprint density at radius 2 is 2.19 bits per heavy atom. The van der Waals surface area contributed by atoms with Crippen molar-refractivity contribution in [2.24, 2.45) is 4.99 Å². The summed E-state index contributed by atoms with van der Waals surface area (Å²) in [7, 11) is 1.68. The van der Waals surface area contributed by atoms with Gasteiger partial charge in [0.15, 0.2) is 11.5 Å². The molecular weight excluding hydrogens is 428 g/mol. The molecule has 0 radical (unpaired) electrons. The van der Waals surface area contributed by atoms with Crippen molar-refractivity contribution in [3.63, 3.8) is 0 Å². The summed E-state index contributed by atoms with van der Waals surface area (Å²) in [6.07, 6.45) is 2.59. The predicted octanol–water partition coefficient (Wildman–Crippen LogP) is 5.34. The smallest absolute Gasteiger partial charge is 0.209 e. The molecule has 1 aromatic heterocycles. The van der Waals surface area contributed by atoms with Crippen LogP contribution in [0.2, 0.25) is 0 Å². The van der Waals surface area contributed by atoms with Crippen molar-refractivity contribution < 1.29 is 14.6 Å². The van der Waals surface area contributed by atoms with Gasteiger partial charge in [0.2, 0.25) is 5.13 Å². The van der Waals surface area contributed by atoms with Gasteiger partial charge >= 0.3 is 0 Å². The Bertz CT molecular complexity index is 1050. The van der Waals surface area contributed by atoms with Crippen LogP contribution in [0.1, 0.15) is 22.9 Å². The number of fused-ring (bicyclic) bond motifs is 3. The average molecular weight is 445 g/mol. The molecule has 4 rings (SSSR count). The molecule has 1 aliphatic carbocycles. The van der Waals surface area contributed by atoms with Crippen molar-refractivity contribution in [3.05, 3.63) is 50.8 Å². The number of aromatic hydroxyl groups is 1. The van der Waals surface area contributed by atoms with Gasteiger partial charge in [-0.2, -0.15) is 0 Å². The molecule has 1 heterocycles. The van der Waals surface area contributed by atoms with E-state index in [2.05, 4.69) is 38.0 Å². The van der Waals surface area contributed by atoms with Crippen LogP contribution in [0, 0.1) is 0 Å². The molecule has 0 aliphatic heterocycles. The number of aliphatic imine (C=N–C) groups is 1. The van der Waals surface area contributed by atoms with Gasteiger partial charge in [-0.3, -0.25) is 0 Å². The maximum absolute atomic E-state index is 10.0. The number of thiazole rings is 1. The van der Waals surface area contributed by atoms with E-state index in [4.69, 9.17) is 9.47 Å². The highest BCUT2D eigenvalue weighted by atomic mass is 79.9. The average Bonchev–Trinajstić information content (AvgIpc) is 3.20. The van der Waals surface area contributed by atoms with Crippen LogP contribution in [-0.2, 0) is 6.42 Å². The third-order valence-electron chi connectivity index (χ3n) is 4.28. The van der Waals surface area contributed by atoms with Crippen LogP contribution in [0.4, 0.5) is 5.13 Å². The number of ether oxygens (including phenoxy) is 2. The van der Waals surface area contributed by atoms with Gasteiger partial charge in [-0.15, -0.1) is 0 Å². The van der Waals surface area contributed by atoms with E-state index >= 15 is 0 Å². The molecule has 27 heavy (non-hydrogen) atoms. The van der Waals surface area contributed by atoms with Crippen LogP contribution in [0.15, 0.2) is 39.8 Å². The highest BCUT2D eigenvalue weighted by Crippen LogP contribution is 2.43. The zero-order valence-corrected chi connectivity index (χ0v) is 17.2. The van der Waals surface area contributed by atoms with Crippen molar-refractivity contribution in [1.29, 1.82) is 0 Å². The minimum absolute atomic E-state index is 0.0919. The minimum atomic E-state index is 0.0919. The molecule has 7 heteroatoms. The molecule has 0 atom stereocenters. The van der Waals surface area contributed by atoms with Crippen LogP contribution in [0.5, 0.6) is 17.2 Å². The van der Waals surface area contributed by atoms with E-state index in [-0.39, 0.29) is 5.75 Å². The van der Waals surface area contributed by atoms with Crippen LogP contribution in [0.25, 0.3) is 11.3 Å². The van der Waals surface area contributed by atoms with E-state index in [0.717, 1.165) is 29.0 Å². The first-order valence-corrected chi connectivity index (χ1v) is 10.1. The molecule has 2 aromatic carbocycles. The molecule has 3 aromatic rings. The van der Waals surface area contributed by atoms with Gasteiger partial charge in [0.05, 0.1) is 23.9 Å². The molecule has 1 N–H and O–H groups in total. The van der Waals surface area contributed by atoms with E-state index < -0.39 is 0 Å². The van der Waals surface area contributed by atoms with Crippen LogP contribution in [0.3, 0.4) is 0 Å². The molecule has 0 amide bonds.